The molecular formula is C19H20N6O5S. The van der Waals surface area contributed by atoms with Gasteiger partial charge in [0.05, 0.1) is 13.3 Å². The molecular weight excluding hydrogens is 424 g/mol. The molecule has 162 valence electrons. The van der Waals surface area contributed by atoms with E-state index in [1.165, 1.54) is 35.8 Å². The molecule has 31 heavy (non-hydrogen) atoms. The maximum Gasteiger partial charge on any atom is 0.240 e. The van der Waals surface area contributed by atoms with Crippen molar-refractivity contribution in [1.82, 2.24) is 30.1 Å². The molecule has 12 heteroatoms. The van der Waals surface area contributed by atoms with Gasteiger partial charge in [-0.1, -0.05) is 17.8 Å². The van der Waals surface area contributed by atoms with Crippen molar-refractivity contribution in [2.45, 2.75) is 24.0 Å². The molecule has 0 saturated carbocycles. The maximum absolute atomic E-state index is 12.6. The second-order valence-electron chi connectivity index (χ2n) is 6.66. The van der Waals surface area contributed by atoms with Gasteiger partial charge in [-0.25, -0.2) is 4.68 Å². The van der Waals surface area contributed by atoms with Crippen molar-refractivity contribution in [3.63, 3.8) is 0 Å². The number of methoxy groups -OCH3 is 1. The third-order valence-corrected chi connectivity index (χ3v) is 5.62. The molecule has 3 heterocycles. The Balaban J connectivity index is 1.44. The molecule has 3 aromatic rings. The SMILES string of the molecule is COc1cn(CC(=O)NCc2ccc3c(c2)OCO3)c(CSc2nnnn2C)cc1=O. The van der Waals surface area contributed by atoms with Crippen molar-refractivity contribution in [1.29, 1.82) is 0 Å². The minimum Gasteiger partial charge on any atom is -0.491 e. The molecule has 0 unspecified atom stereocenters. The normalized spacial score (nSPS) is 12.1. The Morgan fingerprint density at radius 3 is 2.90 bits per heavy atom. The lowest BCUT2D eigenvalue weighted by Gasteiger charge is -2.14. The molecule has 0 bridgehead atoms. The van der Waals surface area contributed by atoms with Crippen LogP contribution in [-0.2, 0) is 30.7 Å². The summed E-state index contributed by atoms with van der Waals surface area (Å²) in [6.07, 6.45) is 1.54. The molecule has 4 rings (SSSR count). The average molecular weight is 444 g/mol. The van der Waals surface area contributed by atoms with Gasteiger partial charge in [0, 0.05) is 31.1 Å². The van der Waals surface area contributed by atoms with E-state index in [1.54, 1.807) is 11.6 Å². The van der Waals surface area contributed by atoms with Gasteiger partial charge in [-0.2, -0.15) is 0 Å². The Kier molecular flexibility index (Phi) is 6.07. The van der Waals surface area contributed by atoms with Crippen LogP contribution >= 0.6 is 11.8 Å². The maximum atomic E-state index is 12.6. The molecule has 0 aliphatic carbocycles. The van der Waals surface area contributed by atoms with E-state index in [-0.39, 0.29) is 30.4 Å². The predicted octanol–water partition coefficient (Wildman–Crippen LogP) is 0.718. The number of aromatic nitrogens is 5. The fraction of sp³-hybridized carbons (Fsp3) is 0.316. The first kappa shape index (κ1) is 20.7. The van der Waals surface area contributed by atoms with Crippen LogP contribution in [0.5, 0.6) is 17.2 Å². The Hall–Kier alpha value is -3.54. The number of amides is 1. The molecule has 2 aromatic heterocycles. The third-order valence-electron chi connectivity index (χ3n) is 4.57. The number of ether oxygens (including phenoxy) is 3. The fourth-order valence-corrected chi connectivity index (χ4v) is 3.81. The topological polar surface area (TPSA) is 122 Å². The molecule has 0 saturated heterocycles. The van der Waals surface area contributed by atoms with Crippen LogP contribution in [0.2, 0.25) is 0 Å². The molecule has 0 spiro atoms. The van der Waals surface area contributed by atoms with Crippen LogP contribution in [0.3, 0.4) is 0 Å². The van der Waals surface area contributed by atoms with Crippen molar-refractivity contribution >= 4 is 17.7 Å². The number of nitrogens with zero attached hydrogens (tertiary/aromatic N) is 5. The summed E-state index contributed by atoms with van der Waals surface area (Å²) in [4.78, 5) is 24.8. The number of rotatable bonds is 8. The summed E-state index contributed by atoms with van der Waals surface area (Å²) in [6.45, 7) is 0.556. The van der Waals surface area contributed by atoms with Crippen molar-refractivity contribution in [2.24, 2.45) is 7.05 Å². The first-order valence-electron chi connectivity index (χ1n) is 9.31. The minimum atomic E-state index is -0.258. The molecule has 0 atom stereocenters. The summed E-state index contributed by atoms with van der Waals surface area (Å²) < 4.78 is 19.0. The van der Waals surface area contributed by atoms with Crippen LogP contribution in [0.25, 0.3) is 0 Å². The van der Waals surface area contributed by atoms with E-state index in [1.807, 2.05) is 18.2 Å². The van der Waals surface area contributed by atoms with Crippen LogP contribution in [0.4, 0.5) is 0 Å². The van der Waals surface area contributed by atoms with Gasteiger partial charge in [0.25, 0.3) is 0 Å². The van der Waals surface area contributed by atoms with Gasteiger partial charge in [-0.05, 0) is 28.1 Å². The van der Waals surface area contributed by atoms with E-state index >= 15 is 0 Å². The first-order valence-corrected chi connectivity index (χ1v) is 10.3. The fourth-order valence-electron chi connectivity index (χ4n) is 2.96. The third kappa shape index (κ3) is 4.79. The van der Waals surface area contributed by atoms with Crippen LogP contribution in [0, 0.1) is 0 Å². The lowest BCUT2D eigenvalue weighted by molar-refractivity contribution is -0.121. The van der Waals surface area contributed by atoms with E-state index in [0.717, 1.165) is 5.56 Å². The summed E-state index contributed by atoms with van der Waals surface area (Å²) in [5.41, 5.74) is 1.28. The highest BCUT2D eigenvalue weighted by atomic mass is 32.2. The van der Waals surface area contributed by atoms with Crippen LogP contribution < -0.4 is 25.0 Å². The highest BCUT2D eigenvalue weighted by Gasteiger charge is 2.15. The van der Waals surface area contributed by atoms with Crippen molar-refractivity contribution < 1.29 is 19.0 Å². The number of benzene rings is 1. The number of hydrogen-bond acceptors (Lipinski definition) is 9. The zero-order valence-corrected chi connectivity index (χ0v) is 17.7. The van der Waals surface area contributed by atoms with E-state index in [9.17, 15) is 9.59 Å². The molecule has 1 amide bonds. The van der Waals surface area contributed by atoms with Gasteiger partial charge in [-0.3, -0.25) is 9.59 Å². The smallest absolute Gasteiger partial charge is 0.240 e. The zero-order valence-electron chi connectivity index (χ0n) is 16.9. The van der Waals surface area contributed by atoms with Crippen LogP contribution in [-0.4, -0.2) is 44.6 Å². The number of nitrogens with one attached hydrogen (secondary N) is 1. The highest BCUT2D eigenvalue weighted by molar-refractivity contribution is 7.98. The standard InChI is InChI=1S/C19H20N6O5S/c1-24-19(21-22-23-24)31-10-13-6-14(26)17(28-2)8-25(13)9-18(27)20-7-12-3-4-15-16(5-12)30-11-29-15/h3-6,8H,7,9-11H2,1-2H3,(H,20,27). The Morgan fingerprint density at radius 1 is 1.29 bits per heavy atom. The zero-order chi connectivity index (χ0) is 21.8. The van der Waals surface area contributed by atoms with E-state index < -0.39 is 0 Å². The first-order chi connectivity index (χ1) is 15.0. The van der Waals surface area contributed by atoms with Gasteiger partial charge in [0.15, 0.2) is 17.2 Å². The summed E-state index contributed by atoms with van der Waals surface area (Å²) in [6, 6.07) is 6.98. The summed E-state index contributed by atoms with van der Waals surface area (Å²) >= 11 is 1.36. The summed E-state index contributed by atoms with van der Waals surface area (Å²) in [5, 5.41) is 14.8. The number of tetrazole rings is 1. The number of thioether (sulfide) groups is 1. The highest BCUT2D eigenvalue weighted by Crippen LogP contribution is 2.32. The molecule has 1 aliphatic heterocycles. The quantitative estimate of drug-likeness (QED) is 0.501. The van der Waals surface area contributed by atoms with Gasteiger partial charge in [0.2, 0.25) is 23.3 Å². The molecule has 1 aromatic carbocycles. The monoisotopic (exact) mass is 444 g/mol. The van der Waals surface area contributed by atoms with Crippen LogP contribution in [0.15, 0.2) is 40.4 Å². The number of carbonyl (C=O) groups excluding carboxylic acids is 1. The van der Waals surface area contributed by atoms with Crippen molar-refractivity contribution in [2.75, 3.05) is 13.9 Å². The lowest BCUT2D eigenvalue weighted by Crippen LogP contribution is -2.28. The molecule has 1 aliphatic rings. The van der Waals surface area contributed by atoms with Gasteiger partial charge < -0.3 is 24.1 Å². The number of pyridine rings is 1. The van der Waals surface area contributed by atoms with Crippen molar-refractivity contribution in [3.8, 4) is 17.2 Å². The lowest BCUT2D eigenvalue weighted by atomic mass is 10.2. The molecule has 11 nitrogen and oxygen atoms in total. The predicted molar refractivity (Wildman–Crippen MR) is 110 cm³/mol. The van der Waals surface area contributed by atoms with Gasteiger partial charge in [-0.15, -0.1) is 5.10 Å². The van der Waals surface area contributed by atoms with E-state index in [2.05, 4.69) is 20.8 Å². The summed E-state index contributed by atoms with van der Waals surface area (Å²) in [5.74, 6) is 1.71. The number of aryl methyl sites for hydroxylation is 1. The number of hydrogen-bond donors (Lipinski definition) is 1. The molecule has 1 N–H and O–H groups in total. The largest absolute Gasteiger partial charge is 0.491 e. The van der Waals surface area contributed by atoms with E-state index in [4.69, 9.17) is 14.2 Å². The van der Waals surface area contributed by atoms with Gasteiger partial charge in [0.1, 0.15) is 6.54 Å². The minimum absolute atomic E-state index is 0.0220. The molecule has 0 fully saturated rings. The van der Waals surface area contributed by atoms with Crippen LogP contribution in [0.1, 0.15) is 11.3 Å². The molecule has 0 radical (unpaired) electrons. The summed E-state index contributed by atoms with van der Waals surface area (Å²) in [7, 11) is 3.15. The second-order valence-corrected chi connectivity index (χ2v) is 7.61. The van der Waals surface area contributed by atoms with Crippen molar-refractivity contribution in [3.05, 3.63) is 51.9 Å². The number of carbonyl (C=O) groups is 1. The van der Waals surface area contributed by atoms with E-state index in [0.29, 0.717) is 34.6 Å². The Morgan fingerprint density at radius 2 is 2.13 bits per heavy atom. The Labute approximate surface area is 181 Å². The Bertz CT molecular complexity index is 1160. The number of fused-ring (bicyclic) bond motifs is 1. The second kappa shape index (κ2) is 9.08. The van der Waals surface area contributed by atoms with Gasteiger partial charge >= 0.3 is 0 Å². The average Bonchev–Trinajstić information content (AvgIpc) is 3.40.